The van der Waals surface area contributed by atoms with Gasteiger partial charge in [-0.05, 0) is 5.56 Å². The van der Waals surface area contributed by atoms with Gasteiger partial charge < -0.3 is 11.1 Å². The Labute approximate surface area is 77.9 Å². The molecule has 1 aromatic rings. The molecular formula is C10H14N2O. The summed E-state index contributed by atoms with van der Waals surface area (Å²) in [5, 5.41) is 2.78. The molecular weight excluding hydrogens is 164 g/mol. The molecule has 1 aromatic carbocycles. The summed E-state index contributed by atoms with van der Waals surface area (Å²) < 4.78 is 0. The van der Waals surface area contributed by atoms with Gasteiger partial charge >= 0.3 is 0 Å². The van der Waals surface area contributed by atoms with E-state index >= 15 is 0 Å². The summed E-state index contributed by atoms with van der Waals surface area (Å²) in [7, 11) is 0. The van der Waals surface area contributed by atoms with Crippen molar-refractivity contribution in [3.05, 3.63) is 35.9 Å². The van der Waals surface area contributed by atoms with Gasteiger partial charge in [0.05, 0.1) is 6.04 Å². The van der Waals surface area contributed by atoms with Gasteiger partial charge in [-0.1, -0.05) is 30.3 Å². The lowest BCUT2D eigenvalue weighted by molar-refractivity contribution is -0.119. The van der Waals surface area contributed by atoms with Gasteiger partial charge in [0.25, 0.3) is 0 Å². The Hall–Kier alpha value is -1.35. The summed E-state index contributed by atoms with van der Waals surface area (Å²) in [5.41, 5.74) is 6.58. The van der Waals surface area contributed by atoms with E-state index in [4.69, 9.17) is 5.73 Å². The van der Waals surface area contributed by atoms with Crippen molar-refractivity contribution in [2.75, 3.05) is 6.54 Å². The lowest BCUT2D eigenvalue weighted by Crippen LogP contribution is -2.31. The quantitative estimate of drug-likeness (QED) is 0.720. The van der Waals surface area contributed by atoms with Crippen LogP contribution in [-0.4, -0.2) is 12.5 Å². The van der Waals surface area contributed by atoms with Crippen molar-refractivity contribution >= 4 is 5.91 Å². The molecule has 3 heteroatoms. The Morgan fingerprint density at radius 1 is 1.46 bits per heavy atom. The highest BCUT2D eigenvalue weighted by Gasteiger charge is 2.08. The van der Waals surface area contributed by atoms with Crippen LogP contribution in [0.5, 0.6) is 0 Å². The monoisotopic (exact) mass is 178 g/mol. The van der Waals surface area contributed by atoms with Gasteiger partial charge in [0.2, 0.25) is 5.91 Å². The first-order valence-corrected chi connectivity index (χ1v) is 4.26. The molecule has 0 bridgehead atoms. The molecule has 3 N–H and O–H groups in total. The highest BCUT2D eigenvalue weighted by molar-refractivity contribution is 5.73. The number of hydrogen-bond donors (Lipinski definition) is 2. The van der Waals surface area contributed by atoms with Crippen LogP contribution in [0.4, 0.5) is 0 Å². The van der Waals surface area contributed by atoms with Crippen molar-refractivity contribution in [1.29, 1.82) is 0 Å². The van der Waals surface area contributed by atoms with Crippen molar-refractivity contribution in [3.8, 4) is 0 Å². The summed E-state index contributed by atoms with van der Waals surface area (Å²) in [5.74, 6) is -0.0562. The Bertz CT molecular complexity index is 272. The summed E-state index contributed by atoms with van der Waals surface area (Å²) in [6, 6.07) is 9.63. The van der Waals surface area contributed by atoms with Crippen LogP contribution in [-0.2, 0) is 4.79 Å². The Morgan fingerprint density at radius 3 is 2.54 bits per heavy atom. The third-order valence-corrected chi connectivity index (χ3v) is 1.82. The minimum absolute atomic E-state index is 0.0562. The van der Waals surface area contributed by atoms with Gasteiger partial charge in [0.15, 0.2) is 0 Å². The third-order valence-electron chi connectivity index (χ3n) is 1.82. The summed E-state index contributed by atoms with van der Waals surface area (Å²) in [4.78, 5) is 10.8. The molecule has 0 aliphatic heterocycles. The zero-order valence-electron chi connectivity index (χ0n) is 7.66. The van der Waals surface area contributed by atoms with E-state index in [1.165, 1.54) is 6.92 Å². The van der Waals surface area contributed by atoms with Crippen molar-refractivity contribution in [2.45, 2.75) is 13.0 Å². The highest BCUT2D eigenvalue weighted by Crippen LogP contribution is 2.10. The van der Waals surface area contributed by atoms with Crippen LogP contribution < -0.4 is 11.1 Å². The van der Waals surface area contributed by atoms with Crippen LogP contribution in [0.2, 0.25) is 0 Å². The number of rotatable bonds is 3. The van der Waals surface area contributed by atoms with Crippen molar-refractivity contribution in [1.82, 2.24) is 5.32 Å². The first kappa shape index (κ1) is 9.74. The lowest BCUT2D eigenvalue weighted by atomic mass is 10.1. The highest BCUT2D eigenvalue weighted by atomic mass is 16.1. The van der Waals surface area contributed by atoms with E-state index in [-0.39, 0.29) is 11.9 Å². The van der Waals surface area contributed by atoms with Crippen LogP contribution in [0.3, 0.4) is 0 Å². The molecule has 70 valence electrons. The first-order valence-electron chi connectivity index (χ1n) is 4.26. The van der Waals surface area contributed by atoms with Gasteiger partial charge in [-0.2, -0.15) is 0 Å². The SMILES string of the molecule is CC(=O)N[C@H](CN)c1ccccc1. The predicted octanol–water partition coefficient (Wildman–Crippen LogP) is 0.822. The molecule has 0 heterocycles. The summed E-state index contributed by atoms with van der Waals surface area (Å²) >= 11 is 0. The number of benzene rings is 1. The van der Waals surface area contributed by atoms with Gasteiger partial charge in [0, 0.05) is 13.5 Å². The van der Waals surface area contributed by atoms with E-state index in [2.05, 4.69) is 5.32 Å². The molecule has 0 aromatic heterocycles. The largest absolute Gasteiger partial charge is 0.348 e. The lowest BCUT2D eigenvalue weighted by Gasteiger charge is -2.15. The van der Waals surface area contributed by atoms with Crippen LogP contribution >= 0.6 is 0 Å². The Morgan fingerprint density at radius 2 is 2.08 bits per heavy atom. The second kappa shape index (κ2) is 4.62. The normalized spacial score (nSPS) is 12.2. The van der Waals surface area contributed by atoms with E-state index in [0.29, 0.717) is 6.54 Å². The van der Waals surface area contributed by atoms with E-state index in [1.807, 2.05) is 30.3 Å². The van der Waals surface area contributed by atoms with E-state index in [0.717, 1.165) is 5.56 Å². The zero-order chi connectivity index (χ0) is 9.68. The Balaban J connectivity index is 2.73. The summed E-state index contributed by atoms with van der Waals surface area (Å²) in [6.07, 6.45) is 0. The smallest absolute Gasteiger partial charge is 0.217 e. The maximum absolute atomic E-state index is 10.8. The molecule has 0 spiro atoms. The molecule has 3 nitrogen and oxygen atoms in total. The third kappa shape index (κ3) is 2.87. The maximum atomic E-state index is 10.8. The van der Waals surface area contributed by atoms with Crippen LogP contribution in [0.1, 0.15) is 18.5 Å². The minimum atomic E-state index is -0.0706. The molecule has 0 unspecified atom stereocenters. The molecule has 0 saturated heterocycles. The molecule has 0 saturated carbocycles. The molecule has 1 amide bonds. The number of carbonyl (C=O) groups excluding carboxylic acids is 1. The Kier molecular flexibility index (Phi) is 3.46. The molecule has 0 aliphatic rings. The zero-order valence-corrected chi connectivity index (χ0v) is 7.66. The number of carbonyl (C=O) groups is 1. The fourth-order valence-electron chi connectivity index (χ4n) is 1.21. The van der Waals surface area contributed by atoms with Crippen LogP contribution in [0.25, 0.3) is 0 Å². The maximum Gasteiger partial charge on any atom is 0.217 e. The molecule has 1 rings (SSSR count). The second-order valence-electron chi connectivity index (χ2n) is 2.90. The fourth-order valence-corrected chi connectivity index (χ4v) is 1.21. The molecule has 0 radical (unpaired) electrons. The first-order chi connectivity index (χ1) is 6.24. The number of hydrogen-bond acceptors (Lipinski definition) is 2. The number of nitrogens with two attached hydrogens (primary N) is 1. The average Bonchev–Trinajstić information content (AvgIpc) is 2.15. The van der Waals surface area contributed by atoms with Crippen molar-refractivity contribution in [2.24, 2.45) is 5.73 Å². The minimum Gasteiger partial charge on any atom is -0.348 e. The van der Waals surface area contributed by atoms with Gasteiger partial charge in [-0.3, -0.25) is 4.79 Å². The van der Waals surface area contributed by atoms with Crippen molar-refractivity contribution in [3.63, 3.8) is 0 Å². The molecule has 13 heavy (non-hydrogen) atoms. The average molecular weight is 178 g/mol. The van der Waals surface area contributed by atoms with Crippen molar-refractivity contribution < 1.29 is 4.79 Å². The second-order valence-corrected chi connectivity index (χ2v) is 2.90. The van der Waals surface area contributed by atoms with Gasteiger partial charge in [-0.15, -0.1) is 0 Å². The van der Waals surface area contributed by atoms with E-state index in [1.54, 1.807) is 0 Å². The molecule has 1 atom stereocenters. The standard InChI is InChI=1S/C10H14N2O/c1-8(13)12-10(7-11)9-5-3-2-4-6-9/h2-6,10H,7,11H2,1H3,(H,12,13)/t10-/m1/s1. The van der Waals surface area contributed by atoms with Crippen LogP contribution in [0.15, 0.2) is 30.3 Å². The number of amides is 1. The van der Waals surface area contributed by atoms with Gasteiger partial charge in [0.1, 0.15) is 0 Å². The van der Waals surface area contributed by atoms with E-state index < -0.39 is 0 Å². The fraction of sp³-hybridized carbons (Fsp3) is 0.300. The predicted molar refractivity (Wildman–Crippen MR) is 52.1 cm³/mol. The number of nitrogens with one attached hydrogen (secondary N) is 1. The summed E-state index contributed by atoms with van der Waals surface area (Å²) in [6.45, 7) is 1.91. The molecule has 0 fully saturated rings. The topological polar surface area (TPSA) is 55.1 Å². The van der Waals surface area contributed by atoms with Crippen LogP contribution in [0, 0.1) is 0 Å². The molecule has 0 aliphatic carbocycles. The van der Waals surface area contributed by atoms with Gasteiger partial charge in [-0.25, -0.2) is 0 Å². The van der Waals surface area contributed by atoms with E-state index in [9.17, 15) is 4.79 Å².